The van der Waals surface area contributed by atoms with Crippen LogP contribution in [0.1, 0.15) is 15.9 Å². The molecule has 0 bridgehead atoms. The third-order valence-electron chi connectivity index (χ3n) is 2.95. The first kappa shape index (κ1) is 12.8. The van der Waals surface area contributed by atoms with Crippen LogP contribution >= 0.6 is 15.9 Å². The number of amides is 1. The van der Waals surface area contributed by atoms with Gasteiger partial charge >= 0.3 is 0 Å². The number of H-pyrrole nitrogens is 1. The van der Waals surface area contributed by atoms with Crippen LogP contribution in [0.5, 0.6) is 0 Å². The van der Waals surface area contributed by atoms with Gasteiger partial charge in [0.15, 0.2) is 0 Å². The van der Waals surface area contributed by atoms with Crippen molar-refractivity contribution in [2.45, 2.75) is 6.92 Å². The van der Waals surface area contributed by atoms with Gasteiger partial charge in [0, 0.05) is 5.56 Å². The Labute approximate surface area is 123 Å². The van der Waals surface area contributed by atoms with Gasteiger partial charge in [0.1, 0.15) is 4.60 Å². The minimum Gasteiger partial charge on any atom is -0.345 e. The van der Waals surface area contributed by atoms with Crippen molar-refractivity contribution in [3.63, 3.8) is 0 Å². The van der Waals surface area contributed by atoms with Crippen molar-refractivity contribution in [1.82, 2.24) is 15.0 Å². The number of imidazole rings is 1. The fourth-order valence-electron chi connectivity index (χ4n) is 1.91. The highest BCUT2D eigenvalue weighted by molar-refractivity contribution is 9.10. The number of nitrogens with zero attached hydrogens (tertiary/aromatic N) is 2. The van der Waals surface area contributed by atoms with E-state index in [9.17, 15) is 4.79 Å². The van der Waals surface area contributed by atoms with Gasteiger partial charge in [0.25, 0.3) is 5.91 Å². The van der Waals surface area contributed by atoms with E-state index < -0.39 is 0 Å². The molecule has 1 aromatic carbocycles. The average Bonchev–Trinajstić information content (AvgIpc) is 2.90. The fourth-order valence-corrected chi connectivity index (χ4v) is 2.12. The molecule has 0 saturated heterocycles. The number of aromatic nitrogens is 3. The minimum absolute atomic E-state index is 0.176. The second-order valence-electron chi connectivity index (χ2n) is 4.42. The van der Waals surface area contributed by atoms with Gasteiger partial charge in [-0.25, -0.2) is 9.97 Å². The summed E-state index contributed by atoms with van der Waals surface area (Å²) in [6, 6.07) is 7.20. The summed E-state index contributed by atoms with van der Waals surface area (Å²) in [5.74, 6) is -0.176. The quantitative estimate of drug-likeness (QED) is 0.708. The Morgan fingerprint density at radius 3 is 2.95 bits per heavy atom. The number of anilines is 1. The minimum atomic E-state index is -0.176. The number of halogens is 1. The van der Waals surface area contributed by atoms with Gasteiger partial charge in [-0.3, -0.25) is 4.79 Å². The van der Waals surface area contributed by atoms with Crippen molar-refractivity contribution in [2.24, 2.45) is 0 Å². The number of aromatic amines is 1. The van der Waals surface area contributed by atoms with E-state index in [1.165, 1.54) is 0 Å². The van der Waals surface area contributed by atoms with Crippen LogP contribution in [0.4, 0.5) is 5.69 Å². The molecule has 3 aromatic rings. The first-order valence-corrected chi connectivity index (χ1v) is 6.79. The lowest BCUT2D eigenvalue weighted by molar-refractivity contribution is 0.102. The number of nitrogens with one attached hydrogen (secondary N) is 2. The topological polar surface area (TPSA) is 70.7 Å². The van der Waals surface area contributed by atoms with E-state index in [0.29, 0.717) is 11.3 Å². The average molecular weight is 331 g/mol. The molecule has 0 saturated carbocycles. The van der Waals surface area contributed by atoms with Gasteiger partial charge in [0.05, 0.1) is 29.2 Å². The van der Waals surface area contributed by atoms with Crippen molar-refractivity contribution in [2.75, 3.05) is 5.32 Å². The van der Waals surface area contributed by atoms with Crippen LogP contribution in [0.2, 0.25) is 0 Å². The Morgan fingerprint density at radius 1 is 1.30 bits per heavy atom. The highest BCUT2D eigenvalue weighted by atomic mass is 79.9. The Hall–Kier alpha value is -2.21. The standard InChI is InChI=1S/C14H11BrN4O/c1-8-4-10(6-16-13(8)15)19-14(20)9-2-3-11-12(5-9)18-7-17-11/h2-7H,1H3,(H,17,18)(H,19,20). The SMILES string of the molecule is Cc1cc(NC(=O)c2ccc3nc[nH]c3c2)cnc1Br. The molecule has 20 heavy (non-hydrogen) atoms. The number of aryl methyl sites for hydroxylation is 1. The van der Waals surface area contributed by atoms with Gasteiger partial charge < -0.3 is 10.3 Å². The normalized spacial score (nSPS) is 10.7. The molecular weight excluding hydrogens is 320 g/mol. The molecule has 0 aliphatic carbocycles. The molecule has 5 nitrogen and oxygen atoms in total. The maximum absolute atomic E-state index is 12.2. The largest absolute Gasteiger partial charge is 0.345 e. The maximum atomic E-state index is 12.2. The zero-order chi connectivity index (χ0) is 14.1. The molecule has 0 atom stereocenters. The summed E-state index contributed by atoms with van der Waals surface area (Å²) in [4.78, 5) is 23.5. The van der Waals surface area contributed by atoms with Gasteiger partial charge in [-0.2, -0.15) is 0 Å². The van der Waals surface area contributed by atoms with E-state index >= 15 is 0 Å². The Kier molecular flexibility index (Phi) is 3.23. The molecule has 0 aliphatic heterocycles. The number of pyridine rings is 1. The summed E-state index contributed by atoms with van der Waals surface area (Å²) < 4.78 is 0.773. The Morgan fingerprint density at radius 2 is 2.15 bits per heavy atom. The molecule has 2 heterocycles. The van der Waals surface area contributed by atoms with Crippen LogP contribution in [0, 0.1) is 6.92 Å². The molecule has 3 rings (SSSR count). The third-order valence-corrected chi connectivity index (χ3v) is 3.78. The van der Waals surface area contributed by atoms with E-state index in [1.807, 2.05) is 19.1 Å². The summed E-state index contributed by atoms with van der Waals surface area (Å²) in [7, 11) is 0. The zero-order valence-corrected chi connectivity index (χ0v) is 12.2. The second-order valence-corrected chi connectivity index (χ2v) is 5.17. The van der Waals surface area contributed by atoms with Crippen molar-refractivity contribution in [3.05, 3.63) is 52.5 Å². The van der Waals surface area contributed by atoms with Crippen LogP contribution in [-0.4, -0.2) is 20.9 Å². The molecule has 2 aromatic heterocycles. The molecule has 2 N–H and O–H groups in total. The van der Waals surface area contributed by atoms with Gasteiger partial charge in [-0.05, 0) is 52.7 Å². The molecule has 1 amide bonds. The van der Waals surface area contributed by atoms with E-state index in [0.717, 1.165) is 21.2 Å². The number of fused-ring (bicyclic) bond motifs is 1. The van der Waals surface area contributed by atoms with Crippen molar-refractivity contribution < 1.29 is 4.79 Å². The number of benzene rings is 1. The third kappa shape index (κ3) is 2.42. The first-order chi connectivity index (χ1) is 9.63. The van der Waals surface area contributed by atoms with E-state index in [1.54, 1.807) is 24.7 Å². The van der Waals surface area contributed by atoms with Crippen LogP contribution in [0.3, 0.4) is 0 Å². The smallest absolute Gasteiger partial charge is 0.255 e. The molecule has 6 heteroatoms. The molecule has 0 unspecified atom stereocenters. The van der Waals surface area contributed by atoms with Crippen molar-refractivity contribution in [1.29, 1.82) is 0 Å². The van der Waals surface area contributed by atoms with Crippen LogP contribution in [0.25, 0.3) is 11.0 Å². The molecular formula is C14H11BrN4O. The number of carbonyl (C=O) groups is 1. The van der Waals surface area contributed by atoms with Crippen molar-refractivity contribution >= 4 is 38.6 Å². The number of carbonyl (C=O) groups excluding carboxylic acids is 1. The van der Waals surface area contributed by atoms with Gasteiger partial charge in [0.2, 0.25) is 0 Å². The monoisotopic (exact) mass is 330 g/mol. The van der Waals surface area contributed by atoms with Gasteiger partial charge in [-0.1, -0.05) is 0 Å². The molecule has 0 spiro atoms. The molecule has 100 valence electrons. The predicted octanol–water partition coefficient (Wildman–Crippen LogP) is 3.28. The van der Waals surface area contributed by atoms with E-state index in [4.69, 9.17) is 0 Å². The number of rotatable bonds is 2. The maximum Gasteiger partial charge on any atom is 0.255 e. The van der Waals surface area contributed by atoms with Crippen LogP contribution < -0.4 is 5.32 Å². The summed E-state index contributed by atoms with van der Waals surface area (Å²) in [5, 5.41) is 2.83. The van der Waals surface area contributed by atoms with Gasteiger partial charge in [-0.15, -0.1) is 0 Å². The lowest BCUT2D eigenvalue weighted by Gasteiger charge is -2.06. The van der Waals surface area contributed by atoms with E-state index in [-0.39, 0.29) is 5.91 Å². The second kappa shape index (κ2) is 5.05. The number of hydrogen-bond donors (Lipinski definition) is 2. The lowest BCUT2D eigenvalue weighted by Crippen LogP contribution is -2.12. The summed E-state index contributed by atoms with van der Waals surface area (Å²) >= 11 is 3.33. The molecule has 0 fully saturated rings. The summed E-state index contributed by atoms with van der Waals surface area (Å²) in [5.41, 5.74) is 3.88. The fraction of sp³-hybridized carbons (Fsp3) is 0.0714. The summed E-state index contributed by atoms with van der Waals surface area (Å²) in [6.45, 7) is 1.92. The van der Waals surface area contributed by atoms with Crippen LogP contribution in [0.15, 0.2) is 41.4 Å². The van der Waals surface area contributed by atoms with Crippen molar-refractivity contribution in [3.8, 4) is 0 Å². The summed E-state index contributed by atoms with van der Waals surface area (Å²) in [6.07, 6.45) is 3.22. The number of hydrogen-bond acceptors (Lipinski definition) is 3. The highest BCUT2D eigenvalue weighted by Gasteiger charge is 2.08. The van der Waals surface area contributed by atoms with E-state index in [2.05, 4.69) is 36.2 Å². The lowest BCUT2D eigenvalue weighted by atomic mass is 10.2. The molecule has 0 aliphatic rings. The predicted molar refractivity (Wildman–Crippen MR) is 80.7 cm³/mol. The van der Waals surface area contributed by atoms with Crippen LogP contribution in [-0.2, 0) is 0 Å². The Bertz CT molecular complexity index is 797. The Balaban J connectivity index is 1.86. The zero-order valence-electron chi connectivity index (χ0n) is 10.6. The first-order valence-electron chi connectivity index (χ1n) is 6.00. The highest BCUT2D eigenvalue weighted by Crippen LogP contribution is 2.18. The molecule has 0 radical (unpaired) electrons.